The predicted octanol–water partition coefficient (Wildman–Crippen LogP) is 1.39. The summed E-state index contributed by atoms with van der Waals surface area (Å²) in [4.78, 5) is 41.7. The maximum atomic E-state index is 13.1. The molecule has 0 saturated carbocycles. The summed E-state index contributed by atoms with van der Waals surface area (Å²) in [6, 6.07) is 13.5. The smallest absolute Gasteiger partial charge is 0.323 e. The molecular weight excluding hydrogens is 398 g/mol. The molecule has 164 valence electrons. The average molecular weight is 425 g/mol. The van der Waals surface area contributed by atoms with Crippen LogP contribution in [0.4, 0.5) is 10.5 Å². The van der Waals surface area contributed by atoms with Gasteiger partial charge in [-0.25, -0.2) is 4.79 Å². The summed E-state index contributed by atoms with van der Waals surface area (Å²) in [7, 11) is 1.54. The highest BCUT2D eigenvalue weighted by atomic mass is 16.5. The molecule has 1 unspecified atom stereocenters. The Morgan fingerprint density at radius 3 is 2.48 bits per heavy atom. The van der Waals surface area contributed by atoms with Crippen LogP contribution in [-0.2, 0) is 4.79 Å². The lowest BCUT2D eigenvalue weighted by atomic mass is 10.1. The molecule has 9 heteroatoms. The third-order valence-corrected chi connectivity index (χ3v) is 4.99. The number of rotatable bonds is 6. The van der Waals surface area contributed by atoms with Crippen LogP contribution in [-0.4, -0.2) is 67.1 Å². The van der Waals surface area contributed by atoms with Gasteiger partial charge in [0.25, 0.3) is 11.8 Å². The number of anilines is 1. The molecule has 4 N–H and O–H groups in total. The van der Waals surface area contributed by atoms with Gasteiger partial charge < -0.3 is 26.0 Å². The van der Waals surface area contributed by atoms with Gasteiger partial charge in [0.15, 0.2) is 6.17 Å². The molecule has 4 amide bonds. The molecule has 2 aromatic carbocycles. The van der Waals surface area contributed by atoms with Gasteiger partial charge in [-0.15, -0.1) is 0 Å². The van der Waals surface area contributed by atoms with Crippen LogP contribution in [0.3, 0.4) is 0 Å². The maximum absolute atomic E-state index is 13.1. The lowest BCUT2D eigenvalue weighted by molar-refractivity contribution is -0.127. The van der Waals surface area contributed by atoms with Gasteiger partial charge in [0, 0.05) is 43.5 Å². The molecular formula is C22H27N5O4. The van der Waals surface area contributed by atoms with Crippen LogP contribution in [0.25, 0.3) is 0 Å². The number of carbonyl (C=O) groups is 3. The summed E-state index contributed by atoms with van der Waals surface area (Å²) < 4.78 is 5.18. The molecule has 9 nitrogen and oxygen atoms in total. The number of urea groups is 1. The number of carbonyl (C=O) groups excluding carboxylic acids is 3. The van der Waals surface area contributed by atoms with Crippen molar-refractivity contribution in [2.24, 2.45) is 5.73 Å². The highest BCUT2D eigenvalue weighted by Gasteiger charge is 2.42. The number of benzene rings is 2. The van der Waals surface area contributed by atoms with E-state index >= 15 is 0 Å². The van der Waals surface area contributed by atoms with E-state index in [9.17, 15) is 14.4 Å². The van der Waals surface area contributed by atoms with Crippen LogP contribution >= 0.6 is 0 Å². The molecule has 1 aliphatic heterocycles. The fourth-order valence-electron chi connectivity index (χ4n) is 3.38. The molecule has 3 rings (SSSR count). The van der Waals surface area contributed by atoms with Crippen LogP contribution < -0.4 is 21.1 Å². The number of ether oxygens (including phenoxy) is 1. The number of hydrogen-bond acceptors (Lipinski definition) is 5. The third kappa shape index (κ3) is 5.13. The van der Waals surface area contributed by atoms with Crippen LogP contribution in [0.2, 0.25) is 0 Å². The Kier molecular flexibility index (Phi) is 7.09. The SMILES string of the molecule is COc1cccc(NC(=O)N2CCN(C(=O)c3ccc(C)cc3)C2C(=O)NCCN)c1. The molecule has 0 spiro atoms. The van der Waals surface area contributed by atoms with E-state index < -0.39 is 18.1 Å². The quantitative estimate of drug-likeness (QED) is 0.647. The Bertz CT molecular complexity index is 947. The van der Waals surface area contributed by atoms with E-state index in [4.69, 9.17) is 10.5 Å². The van der Waals surface area contributed by atoms with Gasteiger partial charge in [-0.1, -0.05) is 23.8 Å². The number of hydrogen-bond donors (Lipinski definition) is 3. The van der Waals surface area contributed by atoms with E-state index in [0.29, 0.717) is 17.0 Å². The van der Waals surface area contributed by atoms with Crippen molar-refractivity contribution in [1.82, 2.24) is 15.1 Å². The van der Waals surface area contributed by atoms with Crippen LogP contribution in [0.15, 0.2) is 48.5 Å². The van der Waals surface area contributed by atoms with Crippen molar-refractivity contribution >= 4 is 23.5 Å². The van der Waals surface area contributed by atoms with Crippen molar-refractivity contribution in [3.8, 4) is 5.75 Å². The van der Waals surface area contributed by atoms with E-state index in [2.05, 4.69) is 10.6 Å². The van der Waals surface area contributed by atoms with E-state index in [0.717, 1.165) is 5.56 Å². The summed E-state index contributed by atoms with van der Waals surface area (Å²) in [5.74, 6) is -0.179. The molecule has 0 aromatic heterocycles. The molecule has 31 heavy (non-hydrogen) atoms. The van der Waals surface area contributed by atoms with Gasteiger partial charge >= 0.3 is 6.03 Å². The van der Waals surface area contributed by atoms with Crippen molar-refractivity contribution in [2.75, 3.05) is 38.6 Å². The van der Waals surface area contributed by atoms with Crippen LogP contribution in [0.1, 0.15) is 15.9 Å². The Balaban J connectivity index is 1.82. The number of amides is 4. The largest absolute Gasteiger partial charge is 0.497 e. The van der Waals surface area contributed by atoms with Gasteiger partial charge in [0.1, 0.15) is 5.75 Å². The predicted molar refractivity (Wildman–Crippen MR) is 117 cm³/mol. The Morgan fingerprint density at radius 2 is 1.81 bits per heavy atom. The molecule has 1 atom stereocenters. The zero-order chi connectivity index (χ0) is 22.4. The first-order chi connectivity index (χ1) is 14.9. The van der Waals surface area contributed by atoms with E-state index in [1.807, 2.05) is 19.1 Å². The van der Waals surface area contributed by atoms with Crippen molar-refractivity contribution in [2.45, 2.75) is 13.1 Å². The Labute approximate surface area is 181 Å². The average Bonchev–Trinajstić information content (AvgIpc) is 3.23. The second-order valence-electron chi connectivity index (χ2n) is 7.17. The van der Waals surface area contributed by atoms with E-state index in [1.165, 1.54) is 16.9 Å². The van der Waals surface area contributed by atoms with Gasteiger partial charge in [-0.2, -0.15) is 0 Å². The molecule has 0 radical (unpaired) electrons. The minimum atomic E-state index is -1.08. The Hall–Kier alpha value is -3.59. The summed E-state index contributed by atoms with van der Waals surface area (Å²) in [5, 5.41) is 5.46. The number of nitrogens with zero attached hydrogens (tertiary/aromatic N) is 2. The van der Waals surface area contributed by atoms with Crippen LogP contribution in [0, 0.1) is 6.92 Å². The number of nitrogens with two attached hydrogens (primary N) is 1. The maximum Gasteiger partial charge on any atom is 0.323 e. The normalized spacial score (nSPS) is 15.5. The van der Waals surface area contributed by atoms with Gasteiger partial charge in [0.2, 0.25) is 0 Å². The minimum absolute atomic E-state index is 0.216. The highest BCUT2D eigenvalue weighted by molar-refractivity contribution is 6.00. The summed E-state index contributed by atoms with van der Waals surface area (Å²) in [6.07, 6.45) is -1.08. The van der Waals surface area contributed by atoms with Crippen molar-refractivity contribution in [3.05, 3.63) is 59.7 Å². The first kappa shape index (κ1) is 22.1. The zero-order valence-electron chi connectivity index (χ0n) is 17.6. The molecule has 1 fully saturated rings. The number of aryl methyl sites for hydroxylation is 1. The fraction of sp³-hybridized carbons (Fsp3) is 0.318. The molecule has 2 aromatic rings. The van der Waals surface area contributed by atoms with E-state index in [-0.39, 0.29) is 32.1 Å². The lowest BCUT2D eigenvalue weighted by Gasteiger charge is -2.29. The summed E-state index contributed by atoms with van der Waals surface area (Å²) in [6.45, 7) is 2.87. The molecule has 1 saturated heterocycles. The highest BCUT2D eigenvalue weighted by Crippen LogP contribution is 2.22. The Morgan fingerprint density at radius 1 is 1.10 bits per heavy atom. The second-order valence-corrected chi connectivity index (χ2v) is 7.17. The standard InChI is InChI=1S/C22H27N5O4/c1-15-6-8-16(9-7-15)21(29)26-12-13-27(20(26)19(28)24-11-10-23)22(30)25-17-4-3-5-18(14-17)31-2/h3-9,14,20H,10-13,23H2,1-2H3,(H,24,28)(H,25,30). The van der Waals surface area contributed by atoms with Crippen molar-refractivity contribution in [3.63, 3.8) is 0 Å². The fourth-order valence-corrected chi connectivity index (χ4v) is 3.38. The molecule has 0 bridgehead atoms. The van der Waals surface area contributed by atoms with Crippen molar-refractivity contribution < 1.29 is 19.1 Å². The second kappa shape index (κ2) is 9.94. The molecule has 1 heterocycles. The summed E-state index contributed by atoms with van der Waals surface area (Å²) in [5.41, 5.74) is 7.50. The van der Waals surface area contributed by atoms with Gasteiger partial charge in [-0.3, -0.25) is 14.5 Å². The number of nitrogens with one attached hydrogen (secondary N) is 2. The molecule has 1 aliphatic rings. The summed E-state index contributed by atoms with van der Waals surface area (Å²) >= 11 is 0. The number of methoxy groups -OCH3 is 1. The van der Waals surface area contributed by atoms with Gasteiger partial charge in [-0.05, 0) is 31.2 Å². The third-order valence-electron chi connectivity index (χ3n) is 4.99. The zero-order valence-corrected chi connectivity index (χ0v) is 17.6. The first-order valence-electron chi connectivity index (χ1n) is 10.0. The lowest BCUT2D eigenvalue weighted by Crippen LogP contribution is -2.55. The van der Waals surface area contributed by atoms with Crippen LogP contribution in [0.5, 0.6) is 5.75 Å². The first-order valence-corrected chi connectivity index (χ1v) is 10.0. The minimum Gasteiger partial charge on any atom is -0.497 e. The topological polar surface area (TPSA) is 117 Å². The molecule has 0 aliphatic carbocycles. The van der Waals surface area contributed by atoms with Crippen molar-refractivity contribution in [1.29, 1.82) is 0 Å². The van der Waals surface area contributed by atoms with E-state index in [1.54, 1.807) is 36.4 Å². The van der Waals surface area contributed by atoms with Gasteiger partial charge in [0.05, 0.1) is 7.11 Å². The monoisotopic (exact) mass is 425 g/mol.